The summed E-state index contributed by atoms with van der Waals surface area (Å²) in [6.45, 7) is 4.55. The third kappa shape index (κ3) is 3.71. The van der Waals surface area contributed by atoms with Crippen molar-refractivity contribution in [2.45, 2.75) is 56.7 Å². The Kier molecular flexibility index (Phi) is 4.80. The zero-order valence-electron chi connectivity index (χ0n) is 16.0. The molecule has 0 spiro atoms. The van der Waals surface area contributed by atoms with E-state index >= 15 is 0 Å². The van der Waals surface area contributed by atoms with Crippen LogP contribution in [-0.4, -0.2) is 55.1 Å². The van der Waals surface area contributed by atoms with Crippen LogP contribution >= 0.6 is 0 Å². The molecule has 2 aliphatic heterocycles. The average molecular weight is 370 g/mol. The van der Waals surface area contributed by atoms with Crippen LogP contribution in [0.1, 0.15) is 38.5 Å². The molecule has 0 aromatic heterocycles. The van der Waals surface area contributed by atoms with Gasteiger partial charge in [0, 0.05) is 55.6 Å². The Bertz CT molecular complexity index is 666. The number of fused-ring (bicyclic) bond motifs is 1. The molecular formula is C21H31N5O. The molecule has 0 radical (unpaired) electrons. The van der Waals surface area contributed by atoms with E-state index in [9.17, 15) is 4.79 Å². The van der Waals surface area contributed by atoms with Crippen LogP contribution in [0.2, 0.25) is 0 Å². The fraction of sp³-hybridized carbons (Fsp3) is 0.667. The van der Waals surface area contributed by atoms with Crippen molar-refractivity contribution in [2.75, 3.05) is 36.4 Å². The first kappa shape index (κ1) is 17.5. The Morgan fingerprint density at radius 1 is 0.926 bits per heavy atom. The van der Waals surface area contributed by atoms with E-state index in [2.05, 4.69) is 38.1 Å². The largest absolute Gasteiger partial charge is 0.369 e. The molecule has 2 heterocycles. The fourth-order valence-corrected chi connectivity index (χ4v) is 5.06. The molecule has 2 aliphatic carbocycles. The third-order valence-corrected chi connectivity index (χ3v) is 6.83. The summed E-state index contributed by atoms with van der Waals surface area (Å²) in [5.74, 6) is 0.503. The molecule has 6 heteroatoms. The van der Waals surface area contributed by atoms with Gasteiger partial charge in [-0.1, -0.05) is 12.8 Å². The Morgan fingerprint density at radius 3 is 2.41 bits per heavy atom. The first-order valence-corrected chi connectivity index (χ1v) is 10.7. The lowest BCUT2D eigenvalue weighted by Gasteiger charge is -2.36. The summed E-state index contributed by atoms with van der Waals surface area (Å²) in [4.78, 5) is 17.8. The van der Waals surface area contributed by atoms with E-state index in [-0.39, 0.29) is 11.9 Å². The van der Waals surface area contributed by atoms with E-state index in [1.54, 1.807) is 0 Å². The first-order chi connectivity index (χ1) is 13.3. The molecule has 4 fully saturated rings. The molecule has 1 amide bonds. The highest BCUT2D eigenvalue weighted by Gasteiger charge is 2.41. The second kappa shape index (κ2) is 7.41. The second-order valence-electron chi connectivity index (χ2n) is 8.61. The van der Waals surface area contributed by atoms with E-state index < -0.39 is 0 Å². The van der Waals surface area contributed by atoms with E-state index in [1.807, 2.05) is 12.1 Å². The lowest BCUT2D eigenvalue weighted by atomic mass is 9.81. The van der Waals surface area contributed by atoms with Crippen molar-refractivity contribution < 1.29 is 4.79 Å². The van der Waals surface area contributed by atoms with Crippen LogP contribution in [-0.2, 0) is 4.79 Å². The van der Waals surface area contributed by atoms with Crippen molar-refractivity contribution in [3.05, 3.63) is 24.3 Å². The Balaban J connectivity index is 1.16. The normalized spacial score (nSPS) is 31.6. The third-order valence-electron chi connectivity index (χ3n) is 6.83. The van der Waals surface area contributed by atoms with Gasteiger partial charge in [-0.15, -0.1) is 0 Å². The van der Waals surface area contributed by atoms with Crippen molar-refractivity contribution >= 4 is 17.3 Å². The number of hydrazine groups is 1. The van der Waals surface area contributed by atoms with Gasteiger partial charge in [0.2, 0.25) is 5.91 Å². The minimum absolute atomic E-state index is 0.0858. The first-order valence-electron chi connectivity index (χ1n) is 10.7. The molecule has 1 aromatic carbocycles. The Hall–Kier alpha value is -1.63. The average Bonchev–Trinajstić information content (AvgIpc) is 3.47. The zero-order valence-corrected chi connectivity index (χ0v) is 16.0. The lowest BCUT2D eigenvalue weighted by Crippen LogP contribution is -2.47. The molecule has 3 N–H and O–H groups in total. The van der Waals surface area contributed by atoms with Crippen LogP contribution in [0.15, 0.2) is 24.3 Å². The molecule has 4 aliphatic rings. The standard InChI is InChI=1S/C21H31N5O/c27-21(20-18-3-1-2-4-19(18)23-24-20)22-15-5-7-16(8-6-15)25-11-13-26(14-12-25)17-9-10-17/h5-8,17-20,23-24H,1-4,9-14H2,(H,22,27). The van der Waals surface area contributed by atoms with Crippen LogP contribution in [0.25, 0.3) is 0 Å². The van der Waals surface area contributed by atoms with Crippen molar-refractivity contribution in [1.82, 2.24) is 15.8 Å². The topological polar surface area (TPSA) is 59.6 Å². The number of hydrogen-bond donors (Lipinski definition) is 3. The highest BCUT2D eigenvalue weighted by Crippen LogP contribution is 2.31. The molecule has 2 saturated carbocycles. The van der Waals surface area contributed by atoms with Gasteiger partial charge in [0.1, 0.15) is 6.04 Å². The van der Waals surface area contributed by atoms with Crippen molar-refractivity contribution in [3.8, 4) is 0 Å². The summed E-state index contributed by atoms with van der Waals surface area (Å²) in [6.07, 6.45) is 7.58. The number of nitrogens with zero attached hydrogens (tertiary/aromatic N) is 2. The van der Waals surface area contributed by atoms with Crippen LogP contribution in [0, 0.1) is 5.92 Å². The molecule has 2 saturated heterocycles. The van der Waals surface area contributed by atoms with Gasteiger partial charge >= 0.3 is 0 Å². The number of rotatable bonds is 4. The Morgan fingerprint density at radius 2 is 1.67 bits per heavy atom. The van der Waals surface area contributed by atoms with Gasteiger partial charge in [-0.25, -0.2) is 5.43 Å². The Labute approximate surface area is 161 Å². The predicted molar refractivity (Wildman–Crippen MR) is 108 cm³/mol. The summed E-state index contributed by atoms with van der Waals surface area (Å²) >= 11 is 0. The smallest absolute Gasteiger partial charge is 0.243 e. The van der Waals surface area contributed by atoms with Crippen LogP contribution < -0.4 is 21.1 Å². The maximum absolute atomic E-state index is 12.7. The van der Waals surface area contributed by atoms with Gasteiger partial charge in [-0.3, -0.25) is 15.1 Å². The molecular weight excluding hydrogens is 338 g/mol. The molecule has 146 valence electrons. The van der Waals surface area contributed by atoms with Gasteiger partial charge in [-0.05, 0) is 49.9 Å². The van der Waals surface area contributed by atoms with Crippen molar-refractivity contribution in [3.63, 3.8) is 0 Å². The van der Waals surface area contributed by atoms with Gasteiger partial charge in [-0.2, -0.15) is 0 Å². The van der Waals surface area contributed by atoms with E-state index in [0.29, 0.717) is 12.0 Å². The number of anilines is 2. The monoisotopic (exact) mass is 369 g/mol. The number of nitrogens with one attached hydrogen (secondary N) is 3. The molecule has 6 nitrogen and oxygen atoms in total. The SMILES string of the molecule is O=C(Nc1ccc(N2CCN(C3CC3)CC2)cc1)C1NNC2CCCCC21. The van der Waals surface area contributed by atoms with E-state index in [1.165, 1.54) is 50.9 Å². The van der Waals surface area contributed by atoms with Gasteiger partial charge in [0.05, 0.1) is 0 Å². The summed E-state index contributed by atoms with van der Waals surface area (Å²) in [5, 5.41) is 3.11. The molecule has 3 atom stereocenters. The quantitative estimate of drug-likeness (QED) is 0.757. The number of benzene rings is 1. The zero-order chi connectivity index (χ0) is 18.2. The lowest BCUT2D eigenvalue weighted by molar-refractivity contribution is -0.118. The number of carbonyl (C=O) groups is 1. The second-order valence-corrected chi connectivity index (χ2v) is 8.61. The number of hydrogen-bond acceptors (Lipinski definition) is 5. The summed E-state index contributed by atoms with van der Waals surface area (Å²) in [7, 11) is 0. The molecule has 1 aromatic rings. The van der Waals surface area contributed by atoms with Crippen LogP contribution in [0.3, 0.4) is 0 Å². The minimum Gasteiger partial charge on any atom is -0.369 e. The van der Waals surface area contributed by atoms with Crippen molar-refractivity contribution in [2.24, 2.45) is 5.92 Å². The van der Waals surface area contributed by atoms with Crippen LogP contribution in [0.4, 0.5) is 11.4 Å². The van der Waals surface area contributed by atoms with E-state index in [0.717, 1.165) is 31.2 Å². The summed E-state index contributed by atoms with van der Waals surface area (Å²) < 4.78 is 0. The highest BCUT2D eigenvalue weighted by molar-refractivity contribution is 5.95. The van der Waals surface area contributed by atoms with Gasteiger partial charge in [0.25, 0.3) is 0 Å². The number of amides is 1. The van der Waals surface area contributed by atoms with E-state index in [4.69, 9.17) is 0 Å². The fourth-order valence-electron chi connectivity index (χ4n) is 5.06. The minimum atomic E-state index is -0.120. The number of piperazine rings is 1. The molecule has 3 unspecified atom stereocenters. The van der Waals surface area contributed by atoms with Gasteiger partial charge in [0.15, 0.2) is 0 Å². The highest BCUT2D eigenvalue weighted by atomic mass is 16.2. The maximum atomic E-state index is 12.7. The summed E-state index contributed by atoms with van der Waals surface area (Å²) in [6, 6.07) is 9.57. The molecule has 0 bridgehead atoms. The number of carbonyl (C=O) groups excluding carboxylic acids is 1. The van der Waals surface area contributed by atoms with Crippen molar-refractivity contribution in [1.29, 1.82) is 0 Å². The predicted octanol–water partition coefficient (Wildman–Crippen LogP) is 1.94. The molecule has 27 heavy (non-hydrogen) atoms. The van der Waals surface area contributed by atoms with Gasteiger partial charge < -0.3 is 10.2 Å². The summed E-state index contributed by atoms with van der Waals surface area (Å²) in [5.41, 5.74) is 8.70. The maximum Gasteiger partial charge on any atom is 0.243 e. The van der Waals surface area contributed by atoms with Crippen LogP contribution in [0.5, 0.6) is 0 Å². The molecule has 5 rings (SSSR count).